The molecule has 2 fully saturated rings. The number of carbonyl (C=O) groups is 1. The Bertz CT molecular complexity index is 1110. The lowest BCUT2D eigenvalue weighted by Gasteiger charge is -2.28. The number of likely N-dealkylation sites (tertiary alicyclic amines) is 1. The highest BCUT2D eigenvalue weighted by Gasteiger charge is 2.38. The zero-order valence-electron chi connectivity index (χ0n) is 20.2. The number of nitrogens with one attached hydrogen (secondary N) is 1. The number of aromatic nitrogens is 1. The van der Waals surface area contributed by atoms with Crippen molar-refractivity contribution in [1.82, 2.24) is 9.88 Å². The smallest absolute Gasteiger partial charge is 0.475 e. The lowest BCUT2D eigenvalue weighted by molar-refractivity contribution is -0.340. The van der Waals surface area contributed by atoms with Crippen LogP contribution < -0.4 is 15.0 Å². The summed E-state index contributed by atoms with van der Waals surface area (Å²) in [7, 11) is 0. The number of pyridine rings is 1. The van der Waals surface area contributed by atoms with Crippen LogP contribution in [0.1, 0.15) is 12.0 Å². The molecule has 2 N–H and O–H groups in total. The van der Waals surface area contributed by atoms with Crippen LogP contribution in [0.2, 0.25) is 0 Å². The molecule has 2 aromatic rings. The molecule has 37 heavy (non-hydrogen) atoms. The predicted molar refractivity (Wildman–Crippen MR) is 126 cm³/mol. The molecule has 0 unspecified atom stereocenters. The van der Waals surface area contributed by atoms with Crippen LogP contribution in [0.25, 0.3) is 11.1 Å². The first-order chi connectivity index (χ1) is 17.6. The van der Waals surface area contributed by atoms with Gasteiger partial charge in [0.2, 0.25) is 5.88 Å². The van der Waals surface area contributed by atoms with Crippen molar-refractivity contribution >= 4 is 17.5 Å². The Morgan fingerprint density at radius 3 is 2.68 bits per heavy atom. The van der Waals surface area contributed by atoms with Crippen LogP contribution in [0, 0.1) is 12.7 Å². The fraction of sp³-hybridized carbons (Fsp3) is 0.500. The second-order valence-corrected chi connectivity index (χ2v) is 8.72. The molecule has 0 bridgehead atoms. The van der Waals surface area contributed by atoms with Crippen molar-refractivity contribution in [3.05, 3.63) is 35.6 Å². The molecule has 2 aliphatic heterocycles. The van der Waals surface area contributed by atoms with Crippen LogP contribution in [0.4, 0.5) is 33.9 Å². The van der Waals surface area contributed by atoms with E-state index in [0.29, 0.717) is 48.8 Å². The van der Waals surface area contributed by atoms with Crippen molar-refractivity contribution in [1.29, 1.82) is 0 Å². The number of nitrogens with zero attached hydrogens (tertiary/aromatic N) is 3. The van der Waals surface area contributed by atoms with Crippen molar-refractivity contribution in [2.24, 2.45) is 0 Å². The summed E-state index contributed by atoms with van der Waals surface area (Å²) in [6.07, 6.45) is -5.94. The number of halogens is 4. The highest BCUT2D eigenvalue weighted by atomic mass is 19.4. The maximum absolute atomic E-state index is 14.8. The zero-order chi connectivity index (χ0) is 26.6. The van der Waals surface area contributed by atoms with E-state index >= 15 is 0 Å². The fourth-order valence-electron chi connectivity index (χ4n) is 4.30. The molecule has 1 atom stereocenters. The van der Waals surface area contributed by atoms with Crippen LogP contribution in [0.15, 0.2) is 24.3 Å². The van der Waals surface area contributed by atoms with E-state index < -0.39 is 24.3 Å². The highest BCUT2D eigenvalue weighted by Crippen LogP contribution is 2.34. The highest BCUT2D eigenvalue weighted by molar-refractivity contribution is 5.91. The van der Waals surface area contributed by atoms with Crippen LogP contribution in [-0.4, -0.2) is 86.1 Å². The molecule has 1 aromatic carbocycles. The number of ether oxygens (including phenoxy) is 3. The largest absolute Gasteiger partial charge is 0.522 e. The number of morpholine rings is 1. The summed E-state index contributed by atoms with van der Waals surface area (Å²) in [4.78, 5) is 20.4. The van der Waals surface area contributed by atoms with Gasteiger partial charge in [-0.1, -0.05) is 0 Å². The van der Waals surface area contributed by atoms with Crippen molar-refractivity contribution in [2.45, 2.75) is 25.8 Å². The number of carbonyl (C=O) groups excluding carboxylic acids is 1. The Balaban J connectivity index is 1.58. The van der Waals surface area contributed by atoms with Crippen LogP contribution in [0.3, 0.4) is 0 Å². The monoisotopic (exact) mass is 528 g/mol. The van der Waals surface area contributed by atoms with E-state index in [1.54, 1.807) is 13.0 Å². The first-order valence-electron chi connectivity index (χ1n) is 11.8. The van der Waals surface area contributed by atoms with Crippen molar-refractivity contribution < 1.29 is 41.7 Å². The van der Waals surface area contributed by atoms with Gasteiger partial charge < -0.3 is 29.7 Å². The minimum atomic E-state index is -4.79. The number of hydrogen-bond donors (Lipinski definition) is 2. The average Bonchev–Trinajstić information content (AvgIpc) is 3.31. The number of aliphatic hydroxyl groups excluding tert-OH is 1. The molecule has 202 valence electrons. The molecule has 0 radical (unpaired) electrons. The SMILES string of the molecule is Cc1cc(F)c(NC(=O)N2CC[C@H](OC(F)(F)F)C2)cc1-c1cc(OCCO)nc(N2CCOCC2)c1. The molecule has 1 aromatic heterocycles. The number of hydrogen-bond acceptors (Lipinski definition) is 7. The molecule has 3 heterocycles. The molecule has 2 aliphatic rings. The Kier molecular flexibility index (Phi) is 8.35. The van der Waals surface area contributed by atoms with E-state index in [1.807, 2.05) is 11.0 Å². The Hall–Kier alpha value is -3.16. The van der Waals surface area contributed by atoms with E-state index in [4.69, 9.17) is 14.6 Å². The van der Waals surface area contributed by atoms with Gasteiger partial charge in [-0.15, -0.1) is 13.2 Å². The number of benzene rings is 1. The molecule has 0 spiro atoms. The molecule has 0 aliphatic carbocycles. The van der Waals surface area contributed by atoms with Gasteiger partial charge in [0.05, 0.1) is 31.6 Å². The lowest BCUT2D eigenvalue weighted by atomic mass is 10.00. The summed E-state index contributed by atoms with van der Waals surface area (Å²) in [5.74, 6) is 0.210. The van der Waals surface area contributed by atoms with E-state index in [-0.39, 0.29) is 44.3 Å². The number of urea groups is 1. The van der Waals surface area contributed by atoms with Crippen LogP contribution in [0.5, 0.6) is 5.88 Å². The van der Waals surface area contributed by atoms with Crippen LogP contribution in [-0.2, 0) is 9.47 Å². The van der Waals surface area contributed by atoms with Gasteiger partial charge >= 0.3 is 12.4 Å². The number of anilines is 2. The summed E-state index contributed by atoms with van der Waals surface area (Å²) >= 11 is 0. The second-order valence-electron chi connectivity index (χ2n) is 8.72. The van der Waals surface area contributed by atoms with Crippen molar-refractivity contribution in [2.75, 3.05) is 62.8 Å². The number of aliphatic hydroxyl groups is 1. The minimum absolute atomic E-state index is 0.0203. The maximum atomic E-state index is 14.8. The third-order valence-corrected chi connectivity index (χ3v) is 6.06. The summed E-state index contributed by atoms with van der Waals surface area (Å²) in [6.45, 7) is 3.66. The molecule has 4 rings (SSSR count). The average molecular weight is 529 g/mol. The van der Waals surface area contributed by atoms with E-state index in [2.05, 4.69) is 15.0 Å². The first-order valence-corrected chi connectivity index (χ1v) is 11.8. The molecular formula is C24H28F4N4O5. The van der Waals surface area contributed by atoms with E-state index in [9.17, 15) is 22.4 Å². The molecule has 13 heteroatoms. The zero-order valence-corrected chi connectivity index (χ0v) is 20.2. The quantitative estimate of drug-likeness (QED) is 0.531. The Morgan fingerprint density at radius 2 is 1.97 bits per heavy atom. The maximum Gasteiger partial charge on any atom is 0.522 e. The third-order valence-electron chi connectivity index (χ3n) is 6.06. The van der Waals surface area contributed by atoms with Crippen molar-refractivity contribution in [3.8, 4) is 17.0 Å². The lowest BCUT2D eigenvalue weighted by Crippen LogP contribution is -2.36. The van der Waals surface area contributed by atoms with Gasteiger partial charge in [-0.2, -0.15) is 4.98 Å². The number of alkyl halides is 3. The number of aryl methyl sites for hydroxylation is 1. The second kappa shape index (κ2) is 11.5. The predicted octanol–water partition coefficient (Wildman–Crippen LogP) is 3.55. The first kappa shape index (κ1) is 26.9. The number of amides is 2. The van der Waals surface area contributed by atoms with E-state index in [0.717, 1.165) is 4.90 Å². The molecule has 0 saturated carbocycles. The Morgan fingerprint density at radius 1 is 1.22 bits per heavy atom. The van der Waals surface area contributed by atoms with Gasteiger partial charge in [0.15, 0.2) is 0 Å². The topological polar surface area (TPSA) is 96.4 Å². The van der Waals surface area contributed by atoms with Gasteiger partial charge in [-0.3, -0.25) is 4.74 Å². The summed E-state index contributed by atoms with van der Waals surface area (Å²) in [5.41, 5.74) is 1.72. The van der Waals surface area contributed by atoms with Gasteiger partial charge in [-0.05, 0) is 48.2 Å². The molecule has 9 nitrogen and oxygen atoms in total. The van der Waals surface area contributed by atoms with Gasteiger partial charge in [0.25, 0.3) is 0 Å². The fourth-order valence-corrected chi connectivity index (χ4v) is 4.30. The minimum Gasteiger partial charge on any atom is -0.475 e. The normalized spacial score (nSPS) is 18.3. The molecular weight excluding hydrogens is 500 g/mol. The van der Waals surface area contributed by atoms with Gasteiger partial charge in [0.1, 0.15) is 18.2 Å². The summed E-state index contributed by atoms with van der Waals surface area (Å²) < 4.78 is 67.3. The molecule has 2 saturated heterocycles. The van der Waals surface area contributed by atoms with E-state index in [1.165, 1.54) is 12.1 Å². The Labute approximate surface area is 210 Å². The van der Waals surface area contributed by atoms with Gasteiger partial charge in [0, 0.05) is 32.2 Å². The summed E-state index contributed by atoms with van der Waals surface area (Å²) in [6, 6.07) is 5.50. The summed E-state index contributed by atoms with van der Waals surface area (Å²) in [5, 5.41) is 11.6. The standard InChI is InChI=1S/C24H28F4N4O5/c1-15-10-19(25)20(29-23(34)32-3-2-17(14-32)37-24(26,27)28)13-18(15)16-11-21(31-4-7-35-8-5-31)30-22(12-16)36-9-6-33/h10-13,17,33H,2-9,14H2,1H3,(H,29,34)/t17-/m0/s1. The van der Waals surface area contributed by atoms with Crippen molar-refractivity contribution in [3.63, 3.8) is 0 Å². The number of rotatable bonds is 7. The molecule has 2 amide bonds. The van der Waals surface area contributed by atoms with Gasteiger partial charge in [-0.25, -0.2) is 9.18 Å². The van der Waals surface area contributed by atoms with Crippen LogP contribution >= 0.6 is 0 Å². The third kappa shape index (κ3) is 6.99.